The molecule has 0 unspecified atom stereocenters. The summed E-state index contributed by atoms with van der Waals surface area (Å²) in [4.78, 5) is 14.1. The quantitative estimate of drug-likeness (QED) is 0.909. The zero-order chi connectivity index (χ0) is 14.7. The van der Waals surface area contributed by atoms with E-state index in [0.717, 1.165) is 12.1 Å². The summed E-state index contributed by atoms with van der Waals surface area (Å²) in [6.45, 7) is 1.98. The van der Waals surface area contributed by atoms with Crippen LogP contribution in [0.1, 0.15) is 16.7 Å². The molecule has 0 spiro atoms. The van der Waals surface area contributed by atoms with Crippen molar-refractivity contribution in [3.8, 4) is 0 Å². The summed E-state index contributed by atoms with van der Waals surface area (Å²) in [7, 11) is 0. The SMILES string of the molecule is NCCc1ccc(NC(=O)N2Cc3ccccc3C2)cc1. The van der Waals surface area contributed by atoms with Gasteiger partial charge >= 0.3 is 6.03 Å². The lowest BCUT2D eigenvalue weighted by molar-refractivity contribution is 0.212. The molecule has 0 fully saturated rings. The van der Waals surface area contributed by atoms with E-state index in [9.17, 15) is 4.79 Å². The number of hydrogen-bond donors (Lipinski definition) is 2. The van der Waals surface area contributed by atoms with E-state index in [2.05, 4.69) is 17.4 Å². The van der Waals surface area contributed by atoms with Crippen LogP contribution in [0.15, 0.2) is 48.5 Å². The lowest BCUT2D eigenvalue weighted by atomic mass is 10.1. The number of nitrogens with two attached hydrogens (primary N) is 1. The molecule has 1 heterocycles. The Labute approximate surface area is 124 Å². The van der Waals surface area contributed by atoms with Gasteiger partial charge in [-0.15, -0.1) is 0 Å². The number of hydrogen-bond acceptors (Lipinski definition) is 2. The number of carbonyl (C=O) groups excluding carboxylic acids is 1. The molecule has 0 aliphatic carbocycles. The second-order valence-electron chi connectivity index (χ2n) is 5.29. The molecule has 3 N–H and O–H groups in total. The van der Waals surface area contributed by atoms with Gasteiger partial charge in [0, 0.05) is 18.8 Å². The molecule has 0 saturated carbocycles. The standard InChI is InChI=1S/C17H19N3O/c18-10-9-13-5-7-16(8-6-13)19-17(21)20-11-14-3-1-2-4-15(14)12-20/h1-8H,9-12,18H2,(H,19,21). The second kappa shape index (κ2) is 5.97. The summed E-state index contributed by atoms with van der Waals surface area (Å²) < 4.78 is 0. The fraction of sp³-hybridized carbons (Fsp3) is 0.235. The first kappa shape index (κ1) is 13.6. The van der Waals surface area contributed by atoms with Gasteiger partial charge in [0.05, 0.1) is 0 Å². The van der Waals surface area contributed by atoms with Gasteiger partial charge in [-0.3, -0.25) is 0 Å². The maximum Gasteiger partial charge on any atom is 0.322 e. The fourth-order valence-corrected chi connectivity index (χ4v) is 2.60. The zero-order valence-electron chi connectivity index (χ0n) is 11.9. The second-order valence-corrected chi connectivity index (χ2v) is 5.29. The van der Waals surface area contributed by atoms with Crippen LogP contribution >= 0.6 is 0 Å². The molecule has 0 atom stereocenters. The number of fused-ring (bicyclic) bond motifs is 1. The van der Waals surface area contributed by atoms with Crippen molar-refractivity contribution in [2.24, 2.45) is 5.73 Å². The first-order valence-electron chi connectivity index (χ1n) is 7.18. The number of benzene rings is 2. The fourth-order valence-electron chi connectivity index (χ4n) is 2.60. The zero-order valence-corrected chi connectivity index (χ0v) is 11.9. The summed E-state index contributed by atoms with van der Waals surface area (Å²) in [5.74, 6) is 0. The Balaban J connectivity index is 1.62. The van der Waals surface area contributed by atoms with E-state index < -0.39 is 0 Å². The molecule has 0 radical (unpaired) electrons. The third kappa shape index (κ3) is 3.06. The van der Waals surface area contributed by atoms with Gasteiger partial charge in [0.1, 0.15) is 0 Å². The van der Waals surface area contributed by atoms with Gasteiger partial charge in [-0.25, -0.2) is 4.79 Å². The van der Waals surface area contributed by atoms with Gasteiger partial charge in [-0.2, -0.15) is 0 Å². The van der Waals surface area contributed by atoms with E-state index >= 15 is 0 Å². The number of anilines is 1. The van der Waals surface area contributed by atoms with Crippen molar-refractivity contribution in [1.29, 1.82) is 0 Å². The molecular weight excluding hydrogens is 262 g/mol. The minimum atomic E-state index is -0.0576. The van der Waals surface area contributed by atoms with Gasteiger partial charge in [-0.05, 0) is 41.8 Å². The molecule has 21 heavy (non-hydrogen) atoms. The van der Waals surface area contributed by atoms with Gasteiger partial charge in [0.2, 0.25) is 0 Å². The normalized spacial score (nSPS) is 13.1. The molecule has 2 aromatic carbocycles. The van der Waals surface area contributed by atoms with Crippen LogP contribution in [0.2, 0.25) is 0 Å². The van der Waals surface area contributed by atoms with E-state index in [0.29, 0.717) is 19.6 Å². The molecule has 1 aliphatic rings. The van der Waals surface area contributed by atoms with Crippen LogP contribution in [0.4, 0.5) is 10.5 Å². The highest BCUT2D eigenvalue weighted by molar-refractivity contribution is 5.89. The molecule has 1 aliphatic heterocycles. The summed E-state index contributed by atoms with van der Waals surface area (Å²) in [6, 6.07) is 16.0. The van der Waals surface area contributed by atoms with Crippen molar-refractivity contribution in [1.82, 2.24) is 4.90 Å². The Kier molecular flexibility index (Phi) is 3.88. The predicted octanol–water partition coefficient (Wildman–Crippen LogP) is 2.74. The molecular formula is C17H19N3O. The largest absolute Gasteiger partial charge is 0.330 e. The summed E-state index contributed by atoms with van der Waals surface area (Å²) >= 11 is 0. The van der Waals surface area contributed by atoms with Gasteiger partial charge < -0.3 is 16.0 Å². The Hall–Kier alpha value is -2.33. The van der Waals surface area contributed by atoms with E-state index in [-0.39, 0.29) is 6.03 Å². The van der Waals surface area contributed by atoms with Crippen molar-refractivity contribution < 1.29 is 4.79 Å². The Morgan fingerprint density at radius 3 is 2.24 bits per heavy atom. The van der Waals surface area contributed by atoms with Crippen LogP contribution in [0, 0.1) is 0 Å². The van der Waals surface area contributed by atoms with Crippen LogP contribution in [-0.4, -0.2) is 17.5 Å². The molecule has 0 saturated heterocycles. The monoisotopic (exact) mass is 281 g/mol. The topological polar surface area (TPSA) is 58.4 Å². The highest BCUT2D eigenvalue weighted by Crippen LogP contribution is 2.23. The molecule has 3 rings (SSSR count). The van der Waals surface area contributed by atoms with Crippen molar-refractivity contribution >= 4 is 11.7 Å². The summed E-state index contributed by atoms with van der Waals surface area (Å²) in [5, 5.41) is 2.94. The third-order valence-corrected chi connectivity index (χ3v) is 3.77. The van der Waals surface area contributed by atoms with Gasteiger partial charge in [0.25, 0.3) is 0 Å². The highest BCUT2D eigenvalue weighted by Gasteiger charge is 2.22. The molecule has 108 valence electrons. The Morgan fingerprint density at radius 2 is 1.67 bits per heavy atom. The van der Waals surface area contributed by atoms with E-state index in [1.54, 1.807) is 0 Å². The number of urea groups is 1. The van der Waals surface area contributed by atoms with Crippen LogP contribution in [0.5, 0.6) is 0 Å². The van der Waals surface area contributed by atoms with Crippen LogP contribution in [0.3, 0.4) is 0 Å². The number of carbonyl (C=O) groups is 1. The average Bonchev–Trinajstić information content (AvgIpc) is 2.94. The first-order chi connectivity index (χ1) is 10.3. The minimum absolute atomic E-state index is 0.0576. The number of nitrogens with zero attached hydrogens (tertiary/aromatic N) is 1. The van der Waals surface area contributed by atoms with Crippen molar-refractivity contribution in [3.63, 3.8) is 0 Å². The van der Waals surface area contributed by atoms with Gasteiger partial charge in [0.15, 0.2) is 0 Å². The number of rotatable bonds is 3. The summed E-state index contributed by atoms with van der Waals surface area (Å²) in [5.41, 5.74) is 9.98. The molecule has 4 heteroatoms. The van der Waals surface area contributed by atoms with Gasteiger partial charge in [-0.1, -0.05) is 36.4 Å². The van der Waals surface area contributed by atoms with Crippen molar-refractivity contribution in [2.75, 3.05) is 11.9 Å². The summed E-state index contributed by atoms with van der Waals surface area (Å²) in [6.07, 6.45) is 0.857. The third-order valence-electron chi connectivity index (χ3n) is 3.77. The van der Waals surface area contributed by atoms with E-state index in [1.807, 2.05) is 41.3 Å². The van der Waals surface area contributed by atoms with Crippen LogP contribution in [-0.2, 0) is 19.5 Å². The maximum absolute atomic E-state index is 12.3. The van der Waals surface area contributed by atoms with E-state index in [1.165, 1.54) is 16.7 Å². The molecule has 0 bridgehead atoms. The smallest absolute Gasteiger partial charge is 0.322 e. The predicted molar refractivity (Wildman–Crippen MR) is 83.9 cm³/mol. The minimum Gasteiger partial charge on any atom is -0.330 e. The molecule has 2 amide bonds. The maximum atomic E-state index is 12.3. The van der Waals surface area contributed by atoms with Crippen LogP contribution < -0.4 is 11.1 Å². The van der Waals surface area contributed by atoms with E-state index in [4.69, 9.17) is 5.73 Å². The molecule has 0 aromatic heterocycles. The van der Waals surface area contributed by atoms with Crippen molar-refractivity contribution in [2.45, 2.75) is 19.5 Å². The highest BCUT2D eigenvalue weighted by atomic mass is 16.2. The number of amides is 2. The first-order valence-corrected chi connectivity index (χ1v) is 7.18. The van der Waals surface area contributed by atoms with Crippen LogP contribution in [0.25, 0.3) is 0 Å². The Bertz CT molecular complexity index is 612. The lowest BCUT2D eigenvalue weighted by Gasteiger charge is -2.16. The number of nitrogens with one attached hydrogen (secondary N) is 1. The average molecular weight is 281 g/mol. The van der Waals surface area contributed by atoms with Crippen molar-refractivity contribution in [3.05, 3.63) is 65.2 Å². The molecule has 2 aromatic rings. The Morgan fingerprint density at radius 1 is 1.05 bits per heavy atom. The lowest BCUT2D eigenvalue weighted by Crippen LogP contribution is -2.30. The molecule has 4 nitrogen and oxygen atoms in total.